The van der Waals surface area contributed by atoms with Crippen molar-refractivity contribution in [2.24, 2.45) is 5.92 Å². The van der Waals surface area contributed by atoms with Crippen molar-refractivity contribution in [3.05, 3.63) is 47.5 Å². The number of rotatable bonds is 2. The van der Waals surface area contributed by atoms with Gasteiger partial charge in [-0.3, -0.25) is 9.59 Å². The van der Waals surface area contributed by atoms with Crippen molar-refractivity contribution in [1.29, 1.82) is 0 Å². The van der Waals surface area contributed by atoms with Crippen LogP contribution in [0.3, 0.4) is 0 Å². The Kier molecular flexibility index (Phi) is 5.34. The number of alkyl halides is 3. The van der Waals surface area contributed by atoms with E-state index in [1.807, 2.05) is 12.2 Å². The zero-order valence-electron chi connectivity index (χ0n) is 14.3. The fourth-order valence-corrected chi connectivity index (χ4v) is 3.51. The van der Waals surface area contributed by atoms with E-state index in [1.54, 1.807) is 4.90 Å². The number of amides is 2. The number of hydrogen-bond acceptors (Lipinski definition) is 2. The van der Waals surface area contributed by atoms with Gasteiger partial charge in [0.25, 0.3) is 5.91 Å². The molecule has 0 atom stereocenters. The molecule has 0 aromatic heterocycles. The van der Waals surface area contributed by atoms with Gasteiger partial charge in [-0.05, 0) is 31.4 Å². The van der Waals surface area contributed by atoms with Crippen LogP contribution in [-0.4, -0.2) is 47.8 Å². The van der Waals surface area contributed by atoms with Crippen molar-refractivity contribution >= 4 is 11.8 Å². The van der Waals surface area contributed by atoms with Crippen LogP contribution in [0.15, 0.2) is 36.4 Å². The minimum atomic E-state index is -4.57. The van der Waals surface area contributed by atoms with Gasteiger partial charge < -0.3 is 9.80 Å². The molecule has 0 radical (unpaired) electrons. The molecule has 0 bridgehead atoms. The molecule has 1 saturated heterocycles. The van der Waals surface area contributed by atoms with Crippen LogP contribution < -0.4 is 0 Å². The Balaban J connectivity index is 1.70. The molecule has 2 aliphatic rings. The number of allylic oxidation sites excluding steroid dienone is 2. The zero-order chi connectivity index (χ0) is 18.7. The van der Waals surface area contributed by atoms with Gasteiger partial charge in [0.15, 0.2) is 0 Å². The molecule has 7 heteroatoms. The predicted octanol–water partition coefficient (Wildman–Crippen LogP) is 3.35. The van der Waals surface area contributed by atoms with Crippen LogP contribution in [0.1, 0.15) is 35.2 Å². The largest absolute Gasteiger partial charge is 0.417 e. The minimum Gasteiger partial charge on any atom is -0.341 e. The standard InChI is InChI=1S/C19H21F3N2O2/c20-19(21,22)16-9-4-3-8-15(16)18(26)24-11-5-10-23(12-13-24)17(25)14-6-1-2-7-14/h1-4,8-9,14H,5-7,10-13H2. The Bertz CT molecular complexity index is 707. The van der Waals surface area contributed by atoms with Gasteiger partial charge in [-0.2, -0.15) is 13.2 Å². The Labute approximate surface area is 150 Å². The number of nitrogens with zero attached hydrogens (tertiary/aromatic N) is 2. The molecule has 0 spiro atoms. The second-order valence-corrected chi connectivity index (χ2v) is 6.65. The van der Waals surface area contributed by atoms with Gasteiger partial charge in [0.05, 0.1) is 11.1 Å². The molecular weight excluding hydrogens is 345 g/mol. The summed E-state index contributed by atoms with van der Waals surface area (Å²) in [6.07, 6.45) is 1.43. The van der Waals surface area contributed by atoms with Crippen molar-refractivity contribution < 1.29 is 22.8 Å². The van der Waals surface area contributed by atoms with Crippen LogP contribution in [0, 0.1) is 5.92 Å². The molecule has 140 valence electrons. The van der Waals surface area contributed by atoms with E-state index < -0.39 is 17.6 Å². The van der Waals surface area contributed by atoms with E-state index in [0.717, 1.165) is 18.9 Å². The van der Waals surface area contributed by atoms with Gasteiger partial charge in [-0.1, -0.05) is 24.3 Å². The number of carbonyl (C=O) groups excluding carboxylic acids is 2. The Morgan fingerprint density at radius 3 is 2.23 bits per heavy atom. The highest BCUT2D eigenvalue weighted by atomic mass is 19.4. The van der Waals surface area contributed by atoms with Crippen LogP contribution in [0.5, 0.6) is 0 Å². The van der Waals surface area contributed by atoms with E-state index in [1.165, 1.54) is 23.1 Å². The summed E-state index contributed by atoms with van der Waals surface area (Å²) in [6.45, 7) is 1.48. The lowest BCUT2D eigenvalue weighted by atomic mass is 10.1. The summed E-state index contributed by atoms with van der Waals surface area (Å²) < 4.78 is 39.5. The Hall–Kier alpha value is -2.31. The number of carbonyl (C=O) groups is 2. The summed E-state index contributed by atoms with van der Waals surface area (Å²) in [5.41, 5.74) is -1.25. The number of benzene rings is 1. The molecule has 0 unspecified atom stereocenters. The summed E-state index contributed by atoms with van der Waals surface area (Å²) in [4.78, 5) is 28.3. The number of hydrogen-bond donors (Lipinski definition) is 0. The van der Waals surface area contributed by atoms with E-state index in [0.29, 0.717) is 26.1 Å². The molecule has 0 saturated carbocycles. The number of halogens is 3. The highest BCUT2D eigenvalue weighted by Crippen LogP contribution is 2.32. The summed E-state index contributed by atoms with van der Waals surface area (Å²) >= 11 is 0. The smallest absolute Gasteiger partial charge is 0.341 e. The summed E-state index contributed by atoms with van der Waals surface area (Å²) in [7, 11) is 0. The molecule has 2 amide bonds. The van der Waals surface area contributed by atoms with Gasteiger partial charge in [0.1, 0.15) is 0 Å². The molecule has 1 fully saturated rings. The van der Waals surface area contributed by atoms with E-state index >= 15 is 0 Å². The third kappa shape index (κ3) is 3.92. The van der Waals surface area contributed by atoms with Gasteiger partial charge in [-0.25, -0.2) is 0 Å². The molecule has 3 rings (SSSR count). The molecule has 4 nitrogen and oxygen atoms in total. The fraction of sp³-hybridized carbons (Fsp3) is 0.474. The first kappa shape index (κ1) is 18.5. The lowest BCUT2D eigenvalue weighted by molar-refractivity contribution is -0.138. The molecular formula is C19H21F3N2O2. The van der Waals surface area contributed by atoms with E-state index in [4.69, 9.17) is 0 Å². The maximum Gasteiger partial charge on any atom is 0.417 e. The molecule has 1 aliphatic carbocycles. The summed E-state index contributed by atoms with van der Waals surface area (Å²) in [5, 5.41) is 0. The summed E-state index contributed by atoms with van der Waals surface area (Å²) in [6, 6.07) is 4.85. The van der Waals surface area contributed by atoms with Gasteiger partial charge >= 0.3 is 6.18 Å². The molecule has 0 N–H and O–H groups in total. The zero-order valence-corrected chi connectivity index (χ0v) is 14.3. The maximum atomic E-state index is 13.2. The highest BCUT2D eigenvalue weighted by Gasteiger charge is 2.36. The molecule has 1 heterocycles. The average molecular weight is 366 g/mol. The van der Waals surface area contributed by atoms with Crippen LogP contribution in [0.2, 0.25) is 0 Å². The maximum absolute atomic E-state index is 13.2. The van der Waals surface area contributed by atoms with Crippen molar-refractivity contribution in [3.8, 4) is 0 Å². The SMILES string of the molecule is O=C(c1ccccc1C(F)(F)F)N1CCCN(C(=O)C2CC=CC2)CC1. The first-order valence-corrected chi connectivity index (χ1v) is 8.77. The van der Waals surface area contributed by atoms with Crippen LogP contribution >= 0.6 is 0 Å². The Morgan fingerprint density at radius 1 is 0.923 bits per heavy atom. The fourth-order valence-electron chi connectivity index (χ4n) is 3.51. The second kappa shape index (κ2) is 7.51. The van der Waals surface area contributed by atoms with Crippen molar-refractivity contribution in [3.63, 3.8) is 0 Å². The van der Waals surface area contributed by atoms with E-state index in [2.05, 4.69) is 0 Å². The third-order valence-corrected chi connectivity index (χ3v) is 4.91. The molecule has 1 aromatic carbocycles. The normalized spacial score (nSPS) is 18.9. The summed E-state index contributed by atoms with van der Waals surface area (Å²) in [5.74, 6) is -0.599. The molecule has 26 heavy (non-hydrogen) atoms. The second-order valence-electron chi connectivity index (χ2n) is 6.65. The van der Waals surface area contributed by atoms with Crippen LogP contribution in [-0.2, 0) is 11.0 Å². The van der Waals surface area contributed by atoms with Crippen molar-refractivity contribution in [2.75, 3.05) is 26.2 Å². The van der Waals surface area contributed by atoms with Crippen LogP contribution in [0.4, 0.5) is 13.2 Å². The third-order valence-electron chi connectivity index (χ3n) is 4.91. The molecule has 1 aliphatic heterocycles. The first-order valence-electron chi connectivity index (χ1n) is 8.77. The van der Waals surface area contributed by atoms with Gasteiger partial charge in [0, 0.05) is 32.1 Å². The van der Waals surface area contributed by atoms with Crippen LogP contribution in [0.25, 0.3) is 0 Å². The van der Waals surface area contributed by atoms with E-state index in [9.17, 15) is 22.8 Å². The average Bonchev–Trinajstić information content (AvgIpc) is 3.04. The quantitative estimate of drug-likeness (QED) is 0.753. The van der Waals surface area contributed by atoms with Crippen molar-refractivity contribution in [1.82, 2.24) is 9.80 Å². The lowest BCUT2D eigenvalue weighted by Crippen LogP contribution is -2.39. The first-order chi connectivity index (χ1) is 12.4. The van der Waals surface area contributed by atoms with Crippen molar-refractivity contribution in [2.45, 2.75) is 25.4 Å². The lowest BCUT2D eigenvalue weighted by Gasteiger charge is -2.25. The highest BCUT2D eigenvalue weighted by molar-refractivity contribution is 5.96. The monoisotopic (exact) mass is 366 g/mol. The van der Waals surface area contributed by atoms with Gasteiger partial charge in [0.2, 0.25) is 5.91 Å². The minimum absolute atomic E-state index is 0.0387. The van der Waals surface area contributed by atoms with Gasteiger partial charge in [-0.15, -0.1) is 0 Å². The molecule has 1 aromatic rings. The topological polar surface area (TPSA) is 40.6 Å². The predicted molar refractivity (Wildman–Crippen MR) is 90.4 cm³/mol. The van der Waals surface area contributed by atoms with E-state index in [-0.39, 0.29) is 23.9 Å². The Morgan fingerprint density at radius 2 is 1.54 bits per heavy atom.